The number of benzene rings is 1. The highest BCUT2D eigenvalue weighted by Crippen LogP contribution is 2.26. The van der Waals surface area contributed by atoms with Crippen molar-refractivity contribution in [3.05, 3.63) is 34.9 Å². The first kappa shape index (κ1) is 17.1. The van der Waals surface area contributed by atoms with Crippen LogP contribution in [0.4, 0.5) is 0 Å². The van der Waals surface area contributed by atoms with Crippen LogP contribution in [0.25, 0.3) is 11.0 Å². The third-order valence-corrected chi connectivity index (χ3v) is 3.76. The number of aryl methyl sites for hydroxylation is 1. The maximum atomic E-state index is 11.9. The van der Waals surface area contributed by atoms with Crippen molar-refractivity contribution >= 4 is 16.9 Å². The van der Waals surface area contributed by atoms with Crippen molar-refractivity contribution in [2.75, 3.05) is 6.61 Å². The maximum absolute atomic E-state index is 11.9. The summed E-state index contributed by atoms with van der Waals surface area (Å²) in [5.41, 5.74) is 1.06. The molecule has 0 saturated heterocycles. The van der Waals surface area contributed by atoms with Crippen molar-refractivity contribution in [2.45, 2.75) is 46.0 Å². The summed E-state index contributed by atoms with van der Waals surface area (Å²) in [7, 11) is 0. The molecule has 2 rings (SSSR count). The van der Waals surface area contributed by atoms with Gasteiger partial charge in [0.1, 0.15) is 16.9 Å². The molecule has 2 aromatic rings. The Balaban J connectivity index is 2.34. The molecule has 124 valence electrons. The summed E-state index contributed by atoms with van der Waals surface area (Å²) in [6.07, 6.45) is 5.25. The normalized spacial score (nSPS) is 10.9. The van der Waals surface area contributed by atoms with E-state index < -0.39 is 5.97 Å². The second kappa shape index (κ2) is 7.81. The molecular weight excluding hydrogens is 294 g/mol. The van der Waals surface area contributed by atoms with Crippen molar-refractivity contribution in [1.82, 2.24) is 0 Å². The minimum atomic E-state index is -0.569. The molecule has 0 radical (unpaired) electrons. The van der Waals surface area contributed by atoms with Crippen LogP contribution >= 0.6 is 0 Å². The number of hydrogen-bond acceptors (Lipinski definition) is 5. The SMILES string of the molecule is CCCCCCc1cc2cc(C(=O)OCC)c(=N)oc2cc1O. The largest absolute Gasteiger partial charge is 0.508 e. The fraction of sp³-hybridized carbons (Fsp3) is 0.444. The molecular formula is C18H23NO4. The summed E-state index contributed by atoms with van der Waals surface area (Å²) in [6.45, 7) is 4.12. The van der Waals surface area contributed by atoms with E-state index in [0.29, 0.717) is 11.0 Å². The fourth-order valence-corrected chi connectivity index (χ4v) is 2.52. The third kappa shape index (κ3) is 4.12. The first-order valence-electron chi connectivity index (χ1n) is 8.08. The lowest BCUT2D eigenvalue weighted by molar-refractivity contribution is 0.0521. The number of carbonyl (C=O) groups excluding carboxylic acids is 1. The number of unbranched alkanes of at least 4 members (excludes halogenated alkanes) is 3. The first-order chi connectivity index (χ1) is 11.1. The van der Waals surface area contributed by atoms with Crippen molar-refractivity contribution < 1.29 is 19.1 Å². The summed E-state index contributed by atoms with van der Waals surface area (Å²) in [5, 5.41) is 18.6. The van der Waals surface area contributed by atoms with Crippen molar-refractivity contribution in [3.63, 3.8) is 0 Å². The number of nitrogens with one attached hydrogen (secondary N) is 1. The number of rotatable bonds is 7. The molecule has 0 aliphatic heterocycles. The average Bonchev–Trinajstić information content (AvgIpc) is 2.51. The number of aromatic hydroxyl groups is 1. The topological polar surface area (TPSA) is 83.5 Å². The molecule has 23 heavy (non-hydrogen) atoms. The molecule has 0 spiro atoms. The van der Waals surface area contributed by atoms with Gasteiger partial charge in [-0.3, -0.25) is 5.41 Å². The van der Waals surface area contributed by atoms with E-state index in [2.05, 4.69) is 6.92 Å². The predicted molar refractivity (Wildman–Crippen MR) is 87.5 cm³/mol. The van der Waals surface area contributed by atoms with E-state index in [1.165, 1.54) is 12.5 Å². The van der Waals surface area contributed by atoms with Gasteiger partial charge in [0, 0.05) is 11.5 Å². The minimum absolute atomic E-state index is 0.0990. The quantitative estimate of drug-likeness (QED) is 0.599. The Morgan fingerprint density at radius 2 is 2.00 bits per heavy atom. The molecule has 1 heterocycles. The highest BCUT2D eigenvalue weighted by molar-refractivity contribution is 5.93. The van der Waals surface area contributed by atoms with E-state index in [4.69, 9.17) is 14.6 Å². The third-order valence-electron chi connectivity index (χ3n) is 3.76. The summed E-state index contributed by atoms with van der Waals surface area (Å²) >= 11 is 0. The lowest BCUT2D eigenvalue weighted by atomic mass is 10.0. The van der Waals surface area contributed by atoms with Crippen molar-refractivity contribution in [2.24, 2.45) is 0 Å². The standard InChI is InChI=1S/C18H23NO4/c1-3-5-6-7-8-12-9-13-10-14(18(21)22-4-2)17(19)23-16(13)11-15(12)20/h9-11,19-20H,3-8H2,1-2H3. The van der Waals surface area contributed by atoms with Gasteiger partial charge >= 0.3 is 5.97 Å². The highest BCUT2D eigenvalue weighted by Gasteiger charge is 2.14. The maximum Gasteiger partial charge on any atom is 0.343 e. The lowest BCUT2D eigenvalue weighted by Crippen LogP contribution is -2.16. The molecule has 0 saturated carbocycles. The molecule has 0 fully saturated rings. The fourth-order valence-electron chi connectivity index (χ4n) is 2.52. The lowest BCUT2D eigenvalue weighted by Gasteiger charge is -2.08. The van der Waals surface area contributed by atoms with Gasteiger partial charge in [-0.15, -0.1) is 0 Å². The summed E-state index contributed by atoms with van der Waals surface area (Å²) in [5.74, 6) is -0.401. The molecule has 0 bridgehead atoms. The second-order valence-corrected chi connectivity index (χ2v) is 5.54. The zero-order valence-electron chi connectivity index (χ0n) is 13.6. The average molecular weight is 317 g/mol. The zero-order chi connectivity index (χ0) is 16.8. The molecule has 5 nitrogen and oxygen atoms in total. The van der Waals surface area contributed by atoms with E-state index in [1.807, 2.05) is 6.07 Å². The van der Waals surface area contributed by atoms with Gasteiger partial charge in [-0.2, -0.15) is 0 Å². The van der Waals surface area contributed by atoms with Gasteiger partial charge < -0.3 is 14.3 Å². The predicted octanol–water partition coefficient (Wildman–Crippen LogP) is 3.92. The van der Waals surface area contributed by atoms with Crippen LogP contribution in [0.15, 0.2) is 22.6 Å². The number of hydrogen-bond donors (Lipinski definition) is 2. The number of carbonyl (C=O) groups is 1. The Morgan fingerprint density at radius 1 is 1.22 bits per heavy atom. The summed E-state index contributed by atoms with van der Waals surface area (Å²) in [6, 6.07) is 4.92. The molecule has 1 aromatic heterocycles. The van der Waals surface area contributed by atoms with Gasteiger partial charge in [0.2, 0.25) is 5.55 Å². The molecule has 2 N–H and O–H groups in total. The van der Waals surface area contributed by atoms with E-state index >= 15 is 0 Å². The van der Waals surface area contributed by atoms with Crippen LogP contribution < -0.4 is 5.55 Å². The summed E-state index contributed by atoms with van der Waals surface area (Å²) in [4.78, 5) is 11.9. The number of fused-ring (bicyclic) bond motifs is 1. The molecule has 5 heteroatoms. The Hall–Kier alpha value is -2.30. The van der Waals surface area contributed by atoms with E-state index in [-0.39, 0.29) is 23.5 Å². The van der Waals surface area contributed by atoms with Crippen molar-refractivity contribution in [1.29, 1.82) is 5.41 Å². The van der Waals surface area contributed by atoms with Gasteiger partial charge in [0.15, 0.2) is 0 Å². The minimum Gasteiger partial charge on any atom is -0.508 e. The number of phenols is 1. The molecule has 0 aliphatic carbocycles. The van der Waals surface area contributed by atoms with Crippen molar-refractivity contribution in [3.8, 4) is 5.75 Å². The van der Waals surface area contributed by atoms with Crippen LogP contribution in [0.5, 0.6) is 5.75 Å². The van der Waals surface area contributed by atoms with Gasteiger partial charge in [-0.1, -0.05) is 26.2 Å². The van der Waals surface area contributed by atoms with Crippen LogP contribution in [0.2, 0.25) is 0 Å². The Bertz CT molecular complexity index is 749. The van der Waals surface area contributed by atoms with Crippen LogP contribution in [0, 0.1) is 5.41 Å². The van der Waals surface area contributed by atoms with E-state index in [9.17, 15) is 9.90 Å². The molecule has 0 atom stereocenters. The molecule has 0 amide bonds. The second-order valence-electron chi connectivity index (χ2n) is 5.54. The van der Waals surface area contributed by atoms with Crippen LogP contribution in [0.3, 0.4) is 0 Å². The highest BCUT2D eigenvalue weighted by atomic mass is 16.5. The summed E-state index contributed by atoms with van der Waals surface area (Å²) < 4.78 is 10.3. The number of esters is 1. The Kier molecular flexibility index (Phi) is 5.79. The first-order valence-corrected chi connectivity index (χ1v) is 8.08. The smallest absolute Gasteiger partial charge is 0.343 e. The molecule has 0 aliphatic rings. The van der Waals surface area contributed by atoms with E-state index in [1.54, 1.807) is 13.0 Å². The van der Waals surface area contributed by atoms with Crippen LogP contribution in [-0.2, 0) is 11.2 Å². The van der Waals surface area contributed by atoms with Gasteiger partial charge in [-0.05, 0) is 37.5 Å². The zero-order valence-corrected chi connectivity index (χ0v) is 13.6. The van der Waals surface area contributed by atoms with Gasteiger partial charge in [-0.25, -0.2) is 4.79 Å². The Morgan fingerprint density at radius 3 is 2.70 bits per heavy atom. The number of ether oxygens (including phenoxy) is 1. The number of phenolic OH excluding ortho intramolecular Hbond substituents is 1. The van der Waals surface area contributed by atoms with Crippen LogP contribution in [0.1, 0.15) is 55.5 Å². The van der Waals surface area contributed by atoms with E-state index in [0.717, 1.165) is 31.2 Å². The molecule has 0 unspecified atom stereocenters. The monoisotopic (exact) mass is 317 g/mol. The Labute approximate surface area is 135 Å². The van der Waals surface area contributed by atoms with Gasteiger partial charge in [0.25, 0.3) is 0 Å². The van der Waals surface area contributed by atoms with Crippen LogP contribution in [-0.4, -0.2) is 17.7 Å². The van der Waals surface area contributed by atoms with Gasteiger partial charge in [0.05, 0.1) is 6.61 Å². The molecule has 1 aromatic carbocycles.